The highest BCUT2D eigenvalue weighted by atomic mass is 16.2. The van der Waals surface area contributed by atoms with Crippen molar-refractivity contribution in [2.24, 2.45) is 0 Å². The molecule has 0 spiro atoms. The smallest absolute Gasteiger partial charge is 0.258 e. The summed E-state index contributed by atoms with van der Waals surface area (Å²) in [4.78, 5) is 19.4. The number of pyridine rings is 2. The van der Waals surface area contributed by atoms with Crippen LogP contribution in [-0.4, -0.2) is 31.9 Å². The minimum atomic E-state index is 0.0694. The van der Waals surface area contributed by atoms with Gasteiger partial charge in [-0.3, -0.25) is 9.78 Å². The molecular formula is C19H20N4O. The standard InChI is InChI=1S/C19H20N4O/c24-19(16-14-21-23-13-5-3-7-18(16)23)22-12-4-1-2-6-17(22)15-8-10-20-11-9-15/h3,5,7-11,13-14,17H,1-2,4,6,12H2. The van der Waals surface area contributed by atoms with Crippen molar-refractivity contribution in [1.82, 2.24) is 19.5 Å². The summed E-state index contributed by atoms with van der Waals surface area (Å²) in [6.45, 7) is 0.788. The number of fused-ring (bicyclic) bond motifs is 1. The molecule has 5 nitrogen and oxygen atoms in total. The summed E-state index contributed by atoms with van der Waals surface area (Å²) in [6.07, 6.45) is 11.5. The van der Waals surface area contributed by atoms with Gasteiger partial charge < -0.3 is 4.90 Å². The summed E-state index contributed by atoms with van der Waals surface area (Å²) in [5, 5.41) is 4.31. The molecule has 1 aliphatic rings. The number of hydrogen-bond acceptors (Lipinski definition) is 3. The van der Waals surface area contributed by atoms with E-state index in [2.05, 4.69) is 10.1 Å². The van der Waals surface area contributed by atoms with Gasteiger partial charge in [-0.2, -0.15) is 5.10 Å². The fourth-order valence-corrected chi connectivity index (χ4v) is 3.54. The fraction of sp³-hybridized carbons (Fsp3) is 0.316. The molecule has 5 heteroatoms. The lowest BCUT2D eigenvalue weighted by molar-refractivity contribution is 0.0683. The molecule has 24 heavy (non-hydrogen) atoms. The zero-order chi connectivity index (χ0) is 16.4. The van der Waals surface area contributed by atoms with Crippen LogP contribution in [0.25, 0.3) is 5.52 Å². The number of carbonyl (C=O) groups is 1. The lowest BCUT2D eigenvalue weighted by atomic mass is 10.0. The van der Waals surface area contributed by atoms with Gasteiger partial charge in [-0.25, -0.2) is 4.52 Å². The molecule has 0 radical (unpaired) electrons. The van der Waals surface area contributed by atoms with E-state index in [1.165, 1.54) is 6.42 Å². The molecule has 0 bridgehead atoms. The predicted octanol–water partition coefficient (Wildman–Crippen LogP) is 3.49. The third kappa shape index (κ3) is 2.66. The van der Waals surface area contributed by atoms with Crippen LogP contribution in [0.1, 0.15) is 47.6 Å². The van der Waals surface area contributed by atoms with E-state index >= 15 is 0 Å². The second kappa shape index (κ2) is 6.43. The number of hydrogen-bond donors (Lipinski definition) is 0. The maximum atomic E-state index is 13.3. The van der Waals surface area contributed by atoms with Gasteiger partial charge in [0.2, 0.25) is 0 Å². The van der Waals surface area contributed by atoms with Crippen LogP contribution in [0, 0.1) is 0 Å². The van der Waals surface area contributed by atoms with Crippen LogP contribution in [0.15, 0.2) is 55.1 Å². The van der Waals surface area contributed by atoms with E-state index in [1.54, 1.807) is 23.1 Å². The van der Waals surface area contributed by atoms with Gasteiger partial charge in [-0.1, -0.05) is 18.9 Å². The molecule has 0 aliphatic carbocycles. The van der Waals surface area contributed by atoms with Crippen molar-refractivity contribution in [2.45, 2.75) is 31.7 Å². The Morgan fingerprint density at radius 3 is 2.83 bits per heavy atom. The maximum absolute atomic E-state index is 13.3. The third-order valence-electron chi connectivity index (χ3n) is 4.76. The van der Waals surface area contributed by atoms with E-state index in [1.807, 2.05) is 41.4 Å². The number of carbonyl (C=O) groups excluding carboxylic acids is 1. The van der Waals surface area contributed by atoms with Crippen LogP contribution < -0.4 is 0 Å². The van der Waals surface area contributed by atoms with E-state index in [0.717, 1.165) is 36.9 Å². The Morgan fingerprint density at radius 2 is 1.96 bits per heavy atom. The second-order valence-corrected chi connectivity index (χ2v) is 6.23. The molecule has 1 unspecified atom stereocenters. The molecule has 1 saturated heterocycles. The summed E-state index contributed by atoms with van der Waals surface area (Å²) in [7, 11) is 0. The molecule has 0 aromatic carbocycles. The van der Waals surface area contributed by atoms with E-state index in [-0.39, 0.29) is 11.9 Å². The SMILES string of the molecule is O=C(c1cnn2ccccc12)N1CCCCCC1c1ccncc1. The number of amides is 1. The molecule has 1 aliphatic heterocycles. The van der Waals surface area contributed by atoms with Crippen molar-refractivity contribution < 1.29 is 4.79 Å². The molecule has 1 atom stereocenters. The van der Waals surface area contributed by atoms with Crippen LogP contribution >= 0.6 is 0 Å². The van der Waals surface area contributed by atoms with E-state index in [9.17, 15) is 4.79 Å². The lowest BCUT2D eigenvalue weighted by Gasteiger charge is -2.30. The van der Waals surface area contributed by atoms with E-state index in [0.29, 0.717) is 5.56 Å². The van der Waals surface area contributed by atoms with Gasteiger partial charge >= 0.3 is 0 Å². The summed E-state index contributed by atoms with van der Waals surface area (Å²) in [5.74, 6) is 0.0694. The van der Waals surface area contributed by atoms with Crippen molar-refractivity contribution in [3.63, 3.8) is 0 Å². The van der Waals surface area contributed by atoms with Crippen molar-refractivity contribution >= 4 is 11.4 Å². The monoisotopic (exact) mass is 320 g/mol. The normalized spacial score (nSPS) is 18.5. The molecule has 3 aromatic heterocycles. The van der Waals surface area contributed by atoms with Crippen LogP contribution in [0.2, 0.25) is 0 Å². The molecule has 122 valence electrons. The first-order chi connectivity index (χ1) is 11.8. The summed E-state index contributed by atoms with van der Waals surface area (Å²) in [5.41, 5.74) is 2.70. The van der Waals surface area contributed by atoms with Gasteiger partial charge in [0, 0.05) is 25.1 Å². The highest BCUT2D eigenvalue weighted by Crippen LogP contribution is 2.31. The lowest BCUT2D eigenvalue weighted by Crippen LogP contribution is -2.34. The van der Waals surface area contributed by atoms with Crippen LogP contribution in [0.4, 0.5) is 0 Å². The first kappa shape index (κ1) is 14.9. The molecule has 1 amide bonds. The summed E-state index contributed by atoms with van der Waals surface area (Å²) in [6, 6.07) is 9.95. The zero-order valence-corrected chi connectivity index (χ0v) is 13.5. The van der Waals surface area contributed by atoms with Crippen molar-refractivity contribution in [3.05, 3.63) is 66.2 Å². The topological polar surface area (TPSA) is 50.5 Å². The zero-order valence-electron chi connectivity index (χ0n) is 13.5. The first-order valence-corrected chi connectivity index (χ1v) is 8.48. The molecule has 1 fully saturated rings. The highest BCUT2D eigenvalue weighted by molar-refractivity contribution is 6.00. The summed E-state index contributed by atoms with van der Waals surface area (Å²) >= 11 is 0. The Morgan fingerprint density at radius 1 is 1.08 bits per heavy atom. The van der Waals surface area contributed by atoms with Gasteiger partial charge in [-0.15, -0.1) is 0 Å². The number of aromatic nitrogens is 3. The Balaban J connectivity index is 1.72. The molecule has 0 N–H and O–H groups in total. The number of nitrogens with zero attached hydrogens (tertiary/aromatic N) is 4. The third-order valence-corrected chi connectivity index (χ3v) is 4.76. The number of likely N-dealkylation sites (tertiary alicyclic amines) is 1. The largest absolute Gasteiger partial charge is 0.331 e. The van der Waals surface area contributed by atoms with Crippen LogP contribution in [0.3, 0.4) is 0 Å². The second-order valence-electron chi connectivity index (χ2n) is 6.23. The van der Waals surface area contributed by atoms with E-state index in [4.69, 9.17) is 0 Å². The Hall–Kier alpha value is -2.69. The van der Waals surface area contributed by atoms with Crippen LogP contribution in [0.5, 0.6) is 0 Å². The average Bonchev–Trinajstić information content (AvgIpc) is 2.91. The number of rotatable bonds is 2. The minimum absolute atomic E-state index is 0.0694. The van der Waals surface area contributed by atoms with Gasteiger partial charge in [-0.05, 0) is 42.7 Å². The van der Waals surface area contributed by atoms with Gasteiger partial charge in [0.1, 0.15) is 0 Å². The Bertz CT molecular complexity index is 843. The van der Waals surface area contributed by atoms with Gasteiger partial charge in [0.25, 0.3) is 5.91 Å². The minimum Gasteiger partial charge on any atom is -0.331 e. The fourth-order valence-electron chi connectivity index (χ4n) is 3.54. The van der Waals surface area contributed by atoms with Gasteiger partial charge in [0.15, 0.2) is 0 Å². The van der Waals surface area contributed by atoms with Crippen molar-refractivity contribution in [2.75, 3.05) is 6.54 Å². The van der Waals surface area contributed by atoms with Crippen molar-refractivity contribution in [1.29, 1.82) is 0 Å². The first-order valence-electron chi connectivity index (χ1n) is 8.48. The molecule has 3 aromatic rings. The van der Waals surface area contributed by atoms with Crippen molar-refractivity contribution in [3.8, 4) is 0 Å². The molecule has 4 heterocycles. The van der Waals surface area contributed by atoms with Gasteiger partial charge in [0.05, 0.1) is 23.3 Å². The molecule has 0 saturated carbocycles. The average molecular weight is 320 g/mol. The predicted molar refractivity (Wildman–Crippen MR) is 91.7 cm³/mol. The van der Waals surface area contributed by atoms with Crippen LogP contribution in [-0.2, 0) is 0 Å². The van der Waals surface area contributed by atoms with E-state index < -0.39 is 0 Å². The highest BCUT2D eigenvalue weighted by Gasteiger charge is 2.29. The quantitative estimate of drug-likeness (QED) is 0.726. The summed E-state index contributed by atoms with van der Waals surface area (Å²) < 4.78 is 1.76. The Kier molecular flexibility index (Phi) is 3.99. The molecular weight excluding hydrogens is 300 g/mol. The maximum Gasteiger partial charge on any atom is 0.258 e. The molecule has 4 rings (SSSR count). The Labute approximate surface area is 140 Å².